The maximum absolute atomic E-state index is 10.2. The van der Waals surface area contributed by atoms with Crippen LogP contribution in [0, 0.1) is 17.3 Å². The van der Waals surface area contributed by atoms with Crippen molar-refractivity contribution in [3.63, 3.8) is 0 Å². The highest BCUT2D eigenvalue weighted by Gasteiger charge is 2.59. The largest absolute Gasteiger partial charge is 0.390 e. The molecule has 1 N–H and O–H groups in total. The van der Waals surface area contributed by atoms with E-state index in [9.17, 15) is 5.11 Å². The Morgan fingerprint density at radius 3 is 2.82 bits per heavy atom. The van der Waals surface area contributed by atoms with Crippen molar-refractivity contribution in [2.45, 2.75) is 64.8 Å². The van der Waals surface area contributed by atoms with Gasteiger partial charge in [0, 0.05) is 11.3 Å². The van der Waals surface area contributed by atoms with Gasteiger partial charge < -0.3 is 9.84 Å². The number of hydrogen-bond acceptors (Lipinski definition) is 2. The molecule has 1 saturated carbocycles. The van der Waals surface area contributed by atoms with Crippen LogP contribution in [0.4, 0.5) is 0 Å². The minimum Gasteiger partial charge on any atom is -0.390 e. The molecule has 2 fully saturated rings. The van der Waals surface area contributed by atoms with Gasteiger partial charge in [-0.15, -0.1) is 0 Å². The molecule has 0 spiro atoms. The Kier molecular flexibility index (Phi) is 2.32. The quantitative estimate of drug-likeness (QED) is 0.561. The van der Waals surface area contributed by atoms with Gasteiger partial charge in [0.25, 0.3) is 0 Å². The SMILES string of the molecule is C[C@@H]1C[C@H]2O[C@H]2[C@]2(C)CC[C@@H](C(C)(C)O)C=C12. The normalized spacial score (nSPS) is 49.1. The van der Waals surface area contributed by atoms with E-state index in [1.807, 2.05) is 13.8 Å². The highest BCUT2D eigenvalue weighted by Crippen LogP contribution is 2.59. The zero-order valence-electron chi connectivity index (χ0n) is 11.4. The van der Waals surface area contributed by atoms with Gasteiger partial charge in [-0.05, 0) is 39.0 Å². The van der Waals surface area contributed by atoms with Gasteiger partial charge in [0.05, 0.1) is 17.8 Å². The molecule has 3 aliphatic rings. The monoisotopic (exact) mass is 236 g/mol. The first-order chi connectivity index (χ1) is 7.82. The van der Waals surface area contributed by atoms with Gasteiger partial charge in [-0.1, -0.05) is 25.5 Å². The molecule has 0 radical (unpaired) electrons. The Hall–Kier alpha value is -0.340. The molecule has 0 unspecified atom stereocenters. The molecule has 2 heteroatoms. The highest BCUT2D eigenvalue weighted by atomic mass is 16.6. The maximum Gasteiger partial charge on any atom is 0.0932 e. The van der Waals surface area contributed by atoms with E-state index >= 15 is 0 Å². The van der Waals surface area contributed by atoms with Gasteiger partial charge in [-0.25, -0.2) is 0 Å². The lowest BCUT2D eigenvalue weighted by Crippen LogP contribution is -2.42. The molecule has 1 aliphatic heterocycles. The summed E-state index contributed by atoms with van der Waals surface area (Å²) in [5.74, 6) is 0.928. The molecule has 3 rings (SSSR count). The summed E-state index contributed by atoms with van der Waals surface area (Å²) >= 11 is 0. The zero-order chi connectivity index (χ0) is 12.4. The smallest absolute Gasteiger partial charge is 0.0932 e. The molecule has 1 saturated heterocycles. The number of fused-ring (bicyclic) bond motifs is 3. The Labute approximate surface area is 104 Å². The predicted molar refractivity (Wildman–Crippen MR) is 67.7 cm³/mol. The fourth-order valence-electron chi connectivity index (χ4n) is 4.04. The number of epoxide rings is 1. The Balaban J connectivity index is 1.95. The van der Waals surface area contributed by atoms with Crippen LogP contribution in [0.2, 0.25) is 0 Å². The van der Waals surface area contributed by atoms with Crippen LogP contribution in [0.1, 0.15) is 47.0 Å². The lowest BCUT2D eigenvalue weighted by molar-refractivity contribution is 0.0207. The van der Waals surface area contributed by atoms with E-state index in [-0.39, 0.29) is 5.41 Å². The summed E-state index contributed by atoms with van der Waals surface area (Å²) in [6, 6.07) is 0. The number of ether oxygens (including phenoxy) is 1. The number of rotatable bonds is 1. The molecule has 17 heavy (non-hydrogen) atoms. The van der Waals surface area contributed by atoms with Crippen molar-refractivity contribution < 1.29 is 9.84 Å². The molecule has 0 aromatic rings. The maximum atomic E-state index is 10.2. The van der Waals surface area contributed by atoms with Gasteiger partial charge >= 0.3 is 0 Å². The van der Waals surface area contributed by atoms with Crippen molar-refractivity contribution in [2.75, 3.05) is 0 Å². The summed E-state index contributed by atoms with van der Waals surface area (Å²) in [4.78, 5) is 0. The average molecular weight is 236 g/mol. The van der Waals surface area contributed by atoms with Gasteiger partial charge in [-0.3, -0.25) is 0 Å². The molecule has 2 aliphatic carbocycles. The first-order valence-electron chi connectivity index (χ1n) is 6.92. The molecule has 1 heterocycles. The van der Waals surface area contributed by atoms with Crippen molar-refractivity contribution in [1.82, 2.24) is 0 Å². The minimum absolute atomic E-state index is 0.254. The van der Waals surface area contributed by atoms with Crippen molar-refractivity contribution in [3.8, 4) is 0 Å². The van der Waals surface area contributed by atoms with Gasteiger partial charge in [-0.2, -0.15) is 0 Å². The molecular formula is C15H24O2. The Morgan fingerprint density at radius 1 is 1.47 bits per heavy atom. The lowest BCUT2D eigenvalue weighted by atomic mass is 9.59. The molecule has 0 bridgehead atoms. The summed E-state index contributed by atoms with van der Waals surface area (Å²) in [6.07, 6.45) is 6.77. The second-order valence-corrected chi connectivity index (χ2v) is 7.07. The van der Waals surface area contributed by atoms with Crippen LogP contribution < -0.4 is 0 Å². The first kappa shape index (κ1) is 11.7. The van der Waals surface area contributed by atoms with E-state index in [1.54, 1.807) is 5.57 Å². The third kappa shape index (κ3) is 1.68. The van der Waals surface area contributed by atoms with Crippen molar-refractivity contribution in [2.24, 2.45) is 17.3 Å². The molecule has 5 atom stereocenters. The van der Waals surface area contributed by atoms with Crippen molar-refractivity contribution >= 4 is 0 Å². The Morgan fingerprint density at radius 2 is 2.18 bits per heavy atom. The second kappa shape index (κ2) is 3.36. The minimum atomic E-state index is -0.588. The molecular weight excluding hydrogens is 212 g/mol. The van der Waals surface area contributed by atoms with E-state index in [0.29, 0.717) is 24.0 Å². The van der Waals surface area contributed by atoms with Crippen LogP contribution in [-0.4, -0.2) is 22.9 Å². The number of aliphatic hydroxyl groups is 1. The van der Waals surface area contributed by atoms with E-state index in [0.717, 1.165) is 6.42 Å². The third-order valence-electron chi connectivity index (χ3n) is 5.25. The summed E-state index contributed by atoms with van der Waals surface area (Å²) in [5.41, 5.74) is 1.22. The van der Waals surface area contributed by atoms with E-state index in [1.165, 1.54) is 12.8 Å². The van der Waals surface area contributed by atoms with Crippen LogP contribution in [0.5, 0.6) is 0 Å². The molecule has 0 aromatic heterocycles. The summed E-state index contributed by atoms with van der Waals surface area (Å²) in [6.45, 7) is 8.54. The summed E-state index contributed by atoms with van der Waals surface area (Å²) in [7, 11) is 0. The Bertz CT molecular complexity index is 366. The molecule has 2 nitrogen and oxygen atoms in total. The summed E-state index contributed by atoms with van der Waals surface area (Å²) in [5, 5.41) is 10.2. The molecule has 96 valence electrons. The highest BCUT2D eigenvalue weighted by molar-refractivity contribution is 5.30. The fraction of sp³-hybridized carbons (Fsp3) is 0.867. The van der Waals surface area contributed by atoms with Crippen LogP contribution in [-0.2, 0) is 4.74 Å². The zero-order valence-corrected chi connectivity index (χ0v) is 11.4. The van der Waals surface area contributed by atoms with Crippen molar-refractivity contribution in [1.29, 1.82) is 0 Å². The fourth-order valence-corrected chi connectivity index (χ4v) is 4.04. The lowest BCUT2D eigenvalue weighted by Gasteiger charge is -2.44. The first-order valence-corrected chi connectivity index (χ1v) is 6.92. The second-order valence-electron chi connectivity index (χ2n) is 7.07. The average Bonchev–Trinajstić information content (AvgIpc) is 2.95. The van der Waals surface area contributed by atoms with Gasteiger partial charge in [0.1, 0.15) is 0 Å². The topological polar surface area (TPSA) is 32.8 Å². The summed E-state index contributed by atoms with van der Waals surface area (Å²) < 4.78 is 5.84. The molecule has 0 aromatic carbocycles. The number of hydrogen-bond donors (Lipinski definition) is 1. The molecule has 0 amide bonds. The van der Waals surface area contributed by atoms with Crippen LogP contribution >= 0.6 is 0 Å². The van der Waals surface area contributed by atoms with E-state index in [2.05, 4.69) is 19.9 Å². The van der Waals surface area contributed by atoms with Crippen LogP contribution in [0.3, 0.4) is 0 Å². The van der Waals surface area contributed by atoms with E-state index in [4.69, 9.17) is 4.74 Å². The standard InChI is InChI=1S/C15H24O2/c1-9-7-12-13(17-12)15(4)6-5-10(8-11(9)15)14(2,3)16/h8-10,12-13,16H,5-7H2,1-4H3/t9-,10-,12-,13-,15-/m1/s1. The van der Waals surface area contributed by atoms with E-state index < -0.39 is 5.60 Å². The van der Waals surface area contributed by atoms with Gasteiger partial charge in [0.15, 0.2) is 0 Å². The van der Waals surface area contributed by atoms with Crippen LogP contribution in [0.25, 0.3) is 0 Å². The predicted octanol–water partition coefficient (Wildman–Crippen LogP) is 2.91. The van der Waals surface area contributed by atoms with Gasteiger partial charge in [0.2, 0.25) is 0 Å². The van der Waals surface area contributed by atoms with Crippen LogP contribution in [0.15, 0.2) is 11.6 Å². The van der Waals surface area contributed by atoms with Crippen molar-refractivity contribution in [3.05, 3.63) is 11.6 Å². The third-order valence-corrected chi connectivity index (χ3v) is 5.25.